The molecule has 3 atom stereocenters. The van der Waals surface area contributed by atoms with Crippen molar-refractivity contribution in [2.75, 3.05) is 0 Å². The molecule has 0 aromatic heterocycles. The van der Waals surface area contributed by atoms with E-state index in [1.54, 1.807) is 18.2 Å². The van der Waals surface area contributed by atoms with Gasteiger partial charge in [0.2, 0.25) is 5.91 Å². The van der Waals surface area contributed by atoms with Crippen molar-refractivity contribution < 1.29 is 27.6 Å². The SMILES string of the molecule is C[C@H](C(=O)N1[C@H](c2cccc(F)c2)CC[C@@H]1C(C)(F)F)N1C(=O)c2ccccc2C1=O. The summed E-state index contributed by atoms with van der Waals surface area (Å²) in [6.45, 7) is 2.09. The molecule has 0 saturated carbocycles. The third-order valence-electron chi connectivity index (χ3n) is 6.03. The van der Waals surface area contributed by atoms with Crippen LogP contribution in [0.3, 0.4) is 0 Å². The second-order valence-electron chi connectivity index (χ2n) is 8.07. The zero-order chi connectivity index (χ0) is 22.5. The van der Waals surface area contributed by atoms with Gasteiger partial charge in [-0.15, -0.1) is 0 Å². The van der Waals surface area contributed by atoms with Gasteiger partial charge in [0.15, 0.2) is 0 Å². The lowest BCUT2D eigenvalue weighted by Crippen LogP contribution is -2.54. The van der Waals surface area contributed by atoms with Crippen LogP contribution in [0.15, 0.2) is 48.5 Å². The second-order valence-corrected chi connectivity index (χ2v) is 8.07. The van der Waals surface area contributed by atoms with E-state index in [0.717, 1.165) is 16.7 Å². The Labute approximate surface area is 177 Å². The van der Waals surface area contributed by atoms with Gasteiger partial charge in [-0.2, -0.15) is 0 Å². The Bertz CT molecular complexity index is 1030. The molecule has 2 aromatic carbocycles. The zero-order valence-corrected chi connectivity index (χ0v) is 17.0. The number of fused-ring (bicyclic) bond motifs is 1. The van der Waals surface area contributed by atoms with Gasteiger partial charge >= 0.3 is 0 Å². The maximum atomic E-state index is 14.4. The topological polar surface area (TPSA) is 57.7 Å². The molecule has 162 valence electrons. The molecular formula is C23H21F3N2O3. The van der Waals surface area contributed by atoms with E-state index in [2.05, 4.69) is 0 Å². The zero-order valence-electron chi connectivity index (χ0n) is 17.0. The fraction of sp³-hybridized carbons (Fsp3) is 0.348. The first kappa shape index (κ1) is 21.1. The molecule has 2 aromatic rings. The van der Waals surface area contributed by atoms with Crippen molar-refractivity contribution in [2.45, 2.75) is 50.7 Å². The van der Waals surface area contributed by atoms with Gasteiger partial charge in [0.1, 0.15) is 11.9 Å². The van der Waals surface area contributed by atoms with Crippen molar-refractivity contribution >= 4 is 17.7 Å². The number of amides is 3. The molecule has 0 spiro atoms. The highest BCUT2D eigenvalue weighted by Gasteiger charge is 2.51. The normalized spacial score (nSPS) is 22.1. The minimum Gasteiger partial charge on any atom is -0.325 e. The van der Waals surface area contributed by atoms with Gasteiger partial charge in [0, 0.05) is 6.92 Å². The monoisotopic (exact) mass is 430 g/mol. The quantitative estimate of drug-likeness (QED) is 0.684. The number of nitrogens with zero attached hydrogens (tertiary/aromatic N) is 2. The molecule has 2 aliphatic rings. The van der Waals surface area contributed by atoms with E-state index in [0.29, 0.717) is 5.56 Å². The average Bonchev–Trinajstić information content (AvgIpc) is 3.28. The summed E-state index contributed by atoms with van der Waals surface area (Å²) in [6.07, 6.45) is 0.239. The highest BCUT2D eigenvalue weighted by Crippen LogP contribution is 2.43. The van der Waals surface area contributed by atoms with Gasteiger partial charge in [0.25, 0.3) is 17.7 Å². The summed E-state index contributed by atoms with van der Waals surface area (Å²) in [5.41, 5.74) is 0.745. The van der Waals surface area contributed by atoms with E-state index >= 15 is 0 Å². The van der Waals surface area contributed by atoms with E-state index in [1.807, 2.05) is 0 Å². The minimum atomic E-state index is -3.21. The van der Waals surface area contributed by atoms with Crippen LogP contribution in [0.4, 0.5) is 13.2 Å². The summed E-state index contributed by atoms with van der Waals surface area (Å²) < 4.78 is 42.6. The molecule has 4 rings (SSSR count). The summed E-state index contributed by atoms with van der Waals surface area (Å²) in [5, 5.41) is 0. The van der Waals surface area contributed by atoms with Crippen molar-refractivity contribution in [1.29, 1.82) is 0 Å². The van der Waals surface area contributed by atoms with Gasteiger partial charge in [-0.05, 0) is 49.6 Å². The Balaban J connectivity index is 1.69. The Kier molecular flexibility index (Phi) is 5.11. The summed E-state index contributed by atoms with van der Waals surface area (Å²) in [5.74, 6) is -5.79. The first-order valence-corrected chi connectivity index (χ1v) is 10.0. The average molecular weight is 430 g/mol. The third-order valence-corrected chi connectivity index (χ3v) is 6.03. The van der Waals surface area contributed by atoms with Crippen molar-refractivity contribution in [3.63, 3.8) is 0 Å². The standard InChI is InChI=1S/C23H21F3N2O3/c1-13(27-21(30)16-8-3-4-9-17(16)22(27)31)20(29)28-18(10-11-19(28)23(2,25)26)14-6-5-7-15(24)12-14/h3-9,12-13,18-19H,10-11H2,1-2H3/t13-,18+,19-/m1/s1. The van der Waals surface area contributed by atoms with E-state index in [1.165, 1.54) is 37.3 Å². The maximum absolute atomic E-state index is 14.4. The summed E-state index contributed by atoms with van der Waals surface area (Å²) in [7, 11) is 0. The van der Waals surface area contributed by atoms with Gasteiger partial charge in [-0.1, -0.05) is 24.3 Å². The highest BCUT2D eigenvalue weighted by atomic mass is 19.3. The Morgan fingerprint density at radius 3 is 2.19 bits per heavy atom. The van der Waals surface area contributed by atoms with Crippen LogP contribution in [-0.2, 0) is 4.79 Å². The van der Waals surface area contributed by atoms with E-state index in [-0.39, 0.29) is 24.0 Å². The highest BCUT2D eigenvalue weighted by molar-refractivity contribution is 6.22. The number of benzene rings is 2. The molecule has 0 N–H and O–H groups in total. The number of hydrogen-bond donors (Lipinski definition) is 0. The van der Waals surface area contributed by atoms with Gasteiger partial charge < -0.3 is 4.90 Å². The molecule has 5 nitrogen and oxygen atoms in total. The number of carbonyl (C=O) groups is 3. The summed E-state index contributed by atoms with van der Waals surface area (Å²) in [6, 6.07) is 8.18. The smallest absolute Gasteiger partial charge is 0.265 e. The second kappa shape index (κ2) is 7.51. The lowest BCUT2D eigenvalue weighted by Gasteiger charge is -2.37. The largest absolute Gasteiger partial charge is 0.325 e. The molecule has 0 aliphatic carbocycles. The van der Waals surface area contributed by atoms with Crippen LogP contribution in [0.1, 0.15) is 59.0 Å². The van der Waals surface area contributed by atoms with Crippen LogP contribution >= 0.6 is 0 Å². The van der Waals surface area contributed by atoms with Crippen molar-refractivity contribution in [3.05, 3.63) is 71.0 Å². The molecule has 3 amide bonds. The maximum Gasteiger partial charge on any atom is 0.265 e. The Morgan fingerprint density at radius 2 is 1.65 bits per heavy atom. The molecular weight excluding hydrogens is 409 g/mol. The van der Waals surface area contributed by atoms with Crippen LogP contribution in [0.25, 0.3) is 0 Å². The predicted molar refractivity (Wildman–Crippen MR) is 106 cm³/mol. The first-order chi connectivity index (χ1) is 14.6. The number of imide groups is 1. The third kappa shape index (κ3) is 3.49. The lowest BCUT2D eigenvalue weighted by atomic mass is 10.0. The fourth-order valence-corrected chi connectivity index (χ4v) is 4.54. The van der Waals surface area contributed by atoms with Gasteiger partial charge in [-0.25, -0.2) is 13.2 Å². The van der Waals surface area contributed by atoms with E-state index in [9.17, 15) is 27.6 Å². The molecule has 2 aliphatic heterocycles. The molecule has 0 unspecified atom stereocenters. The summed E-state index contributed by atoms with van der Waals surface area (Å²) in [4.78, 5) is 40.9. The molecule has 1 saturated heterocycles. The number of rotatable bonds is 4. The molecule has 0 bridgehead atoms. The lowest BCUT2D eigenvalue weighted by molar-refractivity contribution is -0.146. The summed E-state index contributed by atoms with van der Waals surface area (Å²) >= 11 is 0. The molecule has 2 heterocycles. The van der Waals surface area contributed by atoms with E-state index < -0.39 is 47.6 Å². The van der Waals surface area contributed by atoms with Gasteiger partial charge in [-0.3, -0.25) is 19.3 Å². The molecule has 1 fully saturated rings. The van der Waals surface area contributed by atoms with Crippen LogP contribution in [-0.4, -0.2) is 45.5 Å². The van der Waals surface area contributed by atoms with Crippen molar-refractivity contribution in [2.24, 2.45) is 0 Å². The number of halogens is 3. The fourth-order valence-electron chi connectivity index (χ4n) is 4.54. The number of likely N-dealkylation sites (tertiary alicyclic amines) is 1. The van der Waals surface area contributed by atoms with Gasteiger partial charge in [0.05, 0.1) is 23.2 Å². The number of carbonyl (C=O) groups excluding carboxylic acids is 3. The number of hydrogen-bond acceptors (Lipinski definition) is 3. The Morgan fingerprint density at radius 1 is 1.03 bits per heavy atom. The van der Waals surface area contributed by atoms with Crippen LogP contribution in [0.2, 0.25) is 0 Å². The number of alkyl halides is 2. The molecule has 8 heteroatoms. The molecule has 31 heavy (non-hydrogen) atoms. The van der Waals surface area contributed by atoms with Crippen LogP contribution < -0.4 is 0 Å². The molecule has 0 radical (unpaired) electrons. The predicted octanol–water partition coefficient (Wildman–Crippen LogP) is 4.20. The Hall–Kier alpha value is -3.16. The first-order valence-electron chi connectivity index (χ1n) is 10.0. The minimum absolute atomic E-state index is 0.0191. The van der Waals surface area contributed by atoms with Crippen molar-refractivity contribution in [3.8, 4) is 0 Å². The van der Waals surface area contributed by atoms with Crippen LogP contribution in [0, 0.1) is 5.82 Å². The van der Waals surface area contributed by atoms with Crippen molar-refractivity contribution in [1.82, 2.24) is 9.80 Å². The van der Waals surface area contributed by atoms with E-state index in [4.69, 9.17) is 0 Å². The van der Waals surface area contributed by atoms with Crippen LogP contribution in [0.5, 0.6) is 0 Å².